The molecule has 0 bridgehead atoms. The maximum Gasteiger partial charge on any atom is 0.315 e. The minimum atomic E-state index is -0.150. The summed E-state index contributed by atoms with van der Waals surface area (Å²) < 4.78 is 5.33. The zero-order chi connectivity index (χ0) is 17.4. The summed E-state index contributed by atoms with van der Waals surface area (Å²) >= 11 is 1.70. The largest absolute Gasteiger partial charge is 0.481 e. The molecule has 0 aliphatic heterocycles. The third kappa shape index (κ3) is 5.64. The second-order valence-electron chi connectivity index (χ2n) is 5.46. The molecule has 2 aromatic rings. The highest BCUT2D eigenvalue weighted by molar-refractivity contribution is 7.12. The number of ether oxygens (including phenoxy) is 1. The van der Waals surface area contributed by atoms with Gasteiger partial charge in [-0.1, -0.05) is 18.1 Å². The highest BCUT2D eigenvalue weighted by atomic mass is 32.1. The van der Waals surface area contributed by atoms with Gasteiger partial charge in [0.05, 0.1) is 6.04 Å². The predicted octanol–water partition coefficient (Wildman–Crippen LogP) is 3.67. The summed E-state index contributed by atoms with van der Waals surface area (Å²) in [6.45, 7) is 4.89. The van der Waals surface area contributed by atoms with Gasteiger partial charge in [0.25, 0.3) is 0 Å². The number of rotatable bonds is 7. The fourth-order valence-corrected chi connectivity index (χ4v) is 3.08. The molecule has 2 rings (SSSR count). The first-order chi connectivity index (χ1) is 11.6. The van der Waals surface area contributed by atoms with Gasteiger partial charge in [0, 0.05) is 16.3 Å². The van der Waals surface area contributed by atoms with Gasteiger partial charge < -0.3 is 15.4 Å². The SMILES string of the molecule is C#CCOc1ccc(CCNC(=O)NC(C)c2ccc(C)s2)cc1. The second-order valence-corrected chi connectivity index (χ2v) is 6.78. The van der Waals surface area contributed by atoms with Gasteiger partial charge in [0.2, 0.25) is 0 Å². The molecule has 2 N–H and O–H groups in total. The van der Waals surface area contributed by atoms with Crippen molar-refractivity contribution >= 4 is 17.4 Å². The Labute approximate surface area is 147 Å². The molecule has 1 aromatic carbocycles. The molecule has 1 atom stereocenters. The van der Waals surface area contributed by atoms with E-state index in [1.54, 1.807) is 11.3 Å². The van der Waals surface area contributed by atoms with E-state index in [9.17, 15) is 4.79 Å². The van der Waals surface area contributed by atoms with Gasteiger partial charge in [-0.15, -0.1) is 17.8 Å². The van der Waals surface area contributed by atoms with Crippen molar-refractivity contribution in [2.24, 2.45) is 0 Å². The zero-order valence-corrected chi connectivity index (χ0v) is 14.8. The van der Waals surface area contributed by atoms with Crippen molar-refractivity contribution in [1.29, 1.82) is 0 Å². The molecular formula is C19H22N2O2S. The standard InChI is InChI=1S/C19H22N2O2S/c1-4-13-23-17-8-6-16(7-9-17)11-12-20-19(22)21-15(3)18-10-5-14(2)24-18/h1,5-10,15H,11-13H2,2-3H3,(H2,20,21,22). The van der Waals surface area contributed by atoms with Gasteiger partial charge in [-0.2, -0.15) is 0 Å². The van der Waals surface area contributed by atoms with Crippen LogP contribution in [0.15, 0.2) is 36.4 Å². The molecule has 0 spiro atoms. The Morgan fingerprint density at radius 2 is 2.04 bits per heavy atom. The lowest BCUT2D eigenvalue weighted by atomic mass is 10.1. The quantitative estimate of drug-likeness (QED) is 0.754. The fourth-order valence-electron chi connectivity index (χ4n) is 2.20. The van der Waals surface area contributed by atoms with Crippen molar-refractivity contribution in [3.63, 3.8) is 0 Å². The number of hydrogen-bond donors (Lipinski definition) is 2. The van der Waals surface area contributed by atoms with Crippen LogP contribution in [0.3, 0.4) is 0 Å². The summed E-state index contributed by atoms with van der Waals surface area (Å²) in [5.41, 5.74) is 1.13. The third-order valence-corrected chi connectivity index (χ3v) is 4.66. The number of amides is 2. The van der Waals surface area contributed by atoms with Crippen LogP contribution in [0.5, 0.6) is 5.75 Å². The average molecular weight is 342 g/mol. The minimum absolute atomic E-state index is 0.0105. The van der Waals surface area contributed by atoms with Crippen LogP contribution in [0.4, 0.5) is 4.79 Å². The first-order valence-electron chi connectivity index (χ1n) is 7.84. The lowest BCUT2D eigenvalue weighted by molar-refractivity contribution is 0.238. The molecule has 0 saturated heterocycles. The molecule has 1 aromatic heterocycles. The zero-order valence-electron chi connectivity index (χ0n) is 14.0. The van der Waals surface area contributed by atoms with Crippen molar-refractivity contribution in [2.75, 3.05) is 13.2 Å². The van der Waals surface area contributed by atoms with Crippen LogP contribution in [0.2, 0.25) is 0 Å². The smallest absolute Gasteiger partial charge is 0.315 e. The Bertz CT molecular complexity index is 701. The van der Waals surface area contributed by atoms with Crippen LogP contribution < -0.4 is 15.4 Å². The van der Waals surface area contributed by atoms with Crippen molar-refractivity contribution in [1.82, 2.24) is 10.6 Å². The van der Waals surface area contributed by atoms with Gasteiger partial charge in [-0.3, -0.25) is 0 Å². The molecule has 0 saturated carbocycles. The molecule has 0 radical (unpaired) electrons. The summed E-state index contributed by atoms with van der Waals surface area (Å²) in [7, 11) is 0. The maximum atomic E-state index is 11.9. The molecule has 4 nitrogen and oxygen atoms in total. The Morgan fingerprint density at radius 1 is 1.29 bits per heavy atom. The number of hydrogen-bond acceptors (Lipinski definition) is 3. The first-order valence-corrected chi connectivity index (χ1v) is 8.66. The van der Waals surface area contributed by atoms with Crippen molar-refractivity contribution < 1.29 is 9.53 Å². The molecule has 1 heterocycles. The lowest BCUT2D eigenvalue weighted by Crippen LogP contribution is -2.37. The topological polar surface area (TPSA) is 50.4 Å². The summed E-state index contributed by atoms with van der Waals surface area (Å²) in [4.78, 5) is 14.3. The van der Waals surface area contributed by atoms with Gasteiger partial charge in [0.15, 0.2) is 0 Å². The molecule has 0 fully saturated rings. The van der Waals surface area contributed by atoms with Crippen LogP contribution >= 0.6 is 11.3 Å². The first kappa shape index (κ1) is 17.9. The highest BCUT2D eigenvalue weighted by Crippen LogP contribution is 2.22. The monoisotopic (exact) mass is 342 g/mol. The second kappa shape index (κ2) is 8.99. The van der Waals surface area contributed by atoms with Crippen LogP contribution in [0.25, 0.3) is 0 Å². The van der Waals surface area contributed by atoms with Gasteiger partial charge in [0.1, 0.15) is 12.4 Å². The minimum Gasteiger partial charge on any atom is -0.481 e. The van der Waals surface area contributed by atoms with E-state index in [2.05, 4.69) is 35.6 Å². The molecule has 1 unspecified atom stereocenters. The van der Waals surface area contributed by atoms with E-state index < -0.39 is 0 Å². The Morgan fingerprint density at radius 3 is 2.67 bits per heavy atom. The van der Waals surface area contributed by atoms with Crippen LogP contribution in [-0.4, -0.2) is 19.2 Å². The van der Waals surface area contributed by atoms with Crippen LogP contribution in [-0.2, 0) is 6.42 Å². The summed E-state index contributed by atoms with van der Waals surface area (Å²) in [5.74, 6) is 3.18. The van der Waals surface area contributed by atoms with Gasteiger partial charge >= 0.3 is 6.03 Å². The van der Waals surface area contributed by atoms with Crippen LogP contribution in [0.1, 0.15) is 28.3 Å². The number of nitrogens with one attached hydrogen (secondary N) is 2. The molecule has 0 aliphatic carbocycles. The van der Waals surface area contributed by atoms with E-state index in [0.29, 0.717) is 6.54 Å². The average Bonchev–Trinajstić information content (AvgIpc) is 3.01. The van der Waals surface area contributed by atoms with Crippen molar-refractivity contribution in [2.45, 2.75) is 26.3 Å². The summed E-state index contributed by atoms with van der Waals surface area (Å²) in [6.07, 6.45) is 5.91. The van der Waals surface area contributed by atoms with E-state index in [4.69, 9.17) is 11.2 Å². The maximum absolute atomic E-state index is 11.9. The number of terminal acetylenes is 1. The third-order valence-electron chi connectivity index (χ3n) is 3.48. The fraction of sp³-hybridized carbons (Fsp3) is 0.316. The highest BCUT2D eigenvalue weighted by Gasteiger charge is 2.10. The number of thiophene rings is 1. The Hall–Kier alpha value is -2.45. The van der Waals surface area contributed by atoms with E-state index in [0.717, 1.165) is 22.6 Å². The van der Waals surface area contributed by atoms with E-state index >= 15 is 0 Å². The Kier molecular flexibility index (Phi) is 6.71. The number of benzene rings is 1. The molecule has 126 valence electrons. The number of aryl methyl sites for hydroxylation is 1. The van der Waals surface area contributed by atoms with Gasteiger partial charge in [-0.25, -0.2) is 4.79 Å². The van der Waals surface area contributed by atoms with E-state index in [1.165, 1.54) is 4.88 Å². The Balaban J connectivity index is 1.71. The number of carbonyl (C=O) groups excluding carboxylic acids is 1. The van der Waals surface area contributed by atoms with Gasteiger partial charge in [-0.05, 0) is 50.1 Å². The lowest BCUT2D eigenvalue weighted by Gasteiger charge is -2.13. The van der Waals surface area contributed by atoms with Crippen LogP contribution in [0, 0.1) is 19.3 Å². The van der Waals surface area contributed by atoms with E-state index in [1.807, 2.05) is 31.2 Å². The predicted molar refractivity (Wildman–Crippen MR) is 98.5 cm³/mol. The normalized spacial score (nSPS) is 11.4. The molecule has 24 heavy (non-hydrogen) atoms. The number of carbonyl (C=O) groups is 1. The summed E-state index contributed by atoms with van der Waals surface area (Å²) in [5, 5.41) is 5.83. The molecule has 2 amide bonds. The van der Waals surface area contributed by atoms with E-state index in [-0.39, 0.29) is 18.7 Å². The summed E-state index contributed by atoms with van der Waals surface area (Å²) in [6, 6.07) is 11.7. The molecule has 0 aliphatic rings. The molecular weight excluding hydrogens is 320 g/mol. The van der Waals surface area contributed by atoms with Crippen molar-refractivity contribution in [3.05, 3.63) is 51.7 Å². The number of urea groups is 1. The molecule has 5 heteroatoms. The van der Waals surface area contributed by atoms with Crippen molar-refractivity contribution in [3.8, 4) is 18.1 Å².